The van der Waals surface area contributed by atoms with Crippen molar-refractivity contribution in [2.24, 2.45) is 0 Å². The fourth-order valence-corrected chi connectivity index (χ4v) is 3.70. The molecule has 2 aromatic carbocycles. The van der Waals surface area contributed by atoms with Gasteiger partial charge in [-0.2, -0.15) is 0 Å². The molecule has 2 heterocycles. The lowest BCUT2D eigenvalue weighted by Gasteiger charge is -2.29. The molecule has 0 N–H and O–H groups in total. The lowest BCUT2D eigenvalue weighted by molar-refractivity contribution is -0.143. The summed E-state index contributed by atoms with van der Waals surface area (Å²) in [4.78, 5) is 32.0. The van der Waals surface area contributed by atoms with Crippen molar-refractivity contribution in [3.8, 4) is 11.3 Å². The summed E-state index contributed by atoms with van der Waals surface area (Å²) in [5.41, 5.74) is 2.28. The van der Waals surface area contributed by atoms with Crippen molar-refractivity contribution >= 4 is 34.4 Å². The van der Waals surface area contributed by atoms with Crippen LogP contribution in [0.2, 0.25) is 5.02 Å². The zero-order valence-corrected chi connectivity index (χ0v) is 17.3. The zero-order chi connectivity index (χ0) is 21.1. The second-order valence-electron chi connectivity index (χ2n) is 7.04. The van der Waals surface area contributed by atoms with Crippen molar-refractivity contribution < 1.29 is 19.1 Å². The van der Waals surface area contributed by atoms with E-state index in [1.165, 1.54) is 0 Å². The molecule has 1 saturated heterocycles. The summed E-state index contributed by atoms with van der Waals surface area (Å²) in [6.45, 7) is 3.56. The molecule has 1 fully saturated rings. The predicted molar refractivity (Wildman–Crippen MR) is 114 cm³/mol. The first-order valence-corrected chi connectivity index (χ1v) is 10.1. The first kappa shape index (κ1) is 20.3. The molecule has 6 nitrogen and oxygen atoms in total. The fraction of sp³-hybridized carbons (Fsp3) is 0.261. The Morgan fingerprint density at radius 2 is 1.80 bits per heavy atom. The van der Waals surface area contributed by atoms with Crippen LogP contribution in [-0.2, 0) is 14.3 Å². The molecule has 1 aliphatic rings. The van der Waals surface area contributed by atoms with E-state index in [9.17, 15) is 9.59 Å². The molecule has 0 saturated carbocycles. The quantitative estimate of drug-likeness (QED) is 0.593. The van der Waals surface area contributed by atoms with Crippen LogP contribution in [0.3, 0.4) is 0 Å². The van der Waals surface area contributed by atoms with Crippen LogP contribution in [0.1, 0.15) is 17.3 Å². The van der Waals surface area contributed by atoms with E-state index in [1.54, 1.807) is 24.0 Å². The molecule has 1 amide bonds. The average Bonchev–Trinajstić information content (AvgIpc) is 2.78. The van der Waals surface area contributed by atoms with Crippen LogP contribution in [0.4, 0.5) is 0 Å². The number of hydrogen-bond donors (Lipinski definition) is 0. The van der Waals surface area contributed by atoms with Gasteiger partial charge in [-0.25, -0.2) is 9.78 Å². The summed E-state index contributed by atoms with van der Waals surface area (Å²) in [6, 6.07) is 16.3. The van der Waals surface area contributed by atoms with Crippen LogP contribution >= 0.6 is 11.6 Å². The number of amides is 1. The third-order valence-electron chi connectivity index (χ3n) is 5.04. The van der Waals surface area contributed by atoms with Gasteiger partial charge in [-0.05, 0) is 25.1 Å². The number of morpholine rings is 1. The molecule has 1 aliphatic heterocycles. The number of ether oxygens (including phenoxy) is 2. The number of pyridine rings is 1. The number of para-hydroxylation sites is 1. The molecule has 30 heavy (non-hydrogen) atoms. The molecule has 154 valence electrons. The van der Waals surface area contributed by atoms with Gasteiger partial charge >= 0.3 is 5.97 Å². The molecule has 7 heteroatoms. The molecule has 1 atom stereocenters. The number of rotatable bonds is 4. The monoisotopic (exact) mass is 424 g/mol. The lowest BCUT2D eigenvalue weighted by Crippen LogP contribution is -2.46. The molecule has 0 aliphatic carbocycles. The van der Waals surface area contributed by atoms with Gasteiger partial charge in [-0.15, -0.1) is 0 Å². The molecule has 1 unspecified atom stereocenters. The van der Waals surface area contributed by atoms with E-state index < -0.39 is 12.1 Å². The average molecular weight is 425 g/mol. The van der Waals surface area contributed by atoms with Crippen LogP contribution in [0.15, 0.2) is 54.6 Å². The molecule has 4 rings (SSSR count). The Labute approximate surface area is 179 Å². The summed E-state index contributed by atoms with van der Waals surface area (Å²) in [7, 11) is 0. The maximum Gasteiger partial charge on any atom is 0.339 e. The number of esters is 1. The second kappa shape index (κ2) is 8.81. The van der Waals surface area contributed by atoms with Crippen molar-refractivity contribution in [1.29, 1.82) is 0 Å². The number of carbonyl (C=O) groups excluding carboxylic acids is 2. The number of aromatic nitrogens is 1. The third kappa shape index (κ3) is 4.15. The summed E-state index contributed by atoms with van der Waals surface area (Å²) in [5, 5.41) is 1.19. The molecular formula is C23H21ClN2O4. The van der Waals surface area contributed by atoms with Gasteiger partial charge in [0.05, 0.1) is 30.0 Å². The Hall–Kier alpha value is -2.96. The Morgan fingerprint density at radius 3 is 2.57 bits per heavy atom. The summed E-state index contributed by atoms with van der Waals surface area (Å²) in [6.07, 6.45) is -0.897. The number of carbonyl (C=O) groups is 2. The highest BCUT2D eigenvalue weighted by Crippen LogP contribution is 2.30. The van der Waals surface area contributed by atoms with Crippen molar-refractivity contribution in [2.45, 2.75) is 13.0 Å². The van der Waals surface area contributed by atoms with E-state index in [2.05, 4.69) is 4.98 Å². The van der Waals surface area contributed by atoms with E-state index in [0.29, 0.717) is 53.5 Å². The van der Waals surface area contributed by atoms with Gasteiger partial charge in [-0.1, -0.05) is 48.0 Å². The molecule has 1 aromatic heterocycles. The minimum atomic E-state index is -0.897. The molecular weight excluding hydrogens is 404 g/mol. The van der Waals surface area contributed by atoms with Crippen LogP contribution in [-0.4, -0.2) is 54.2 Å². The number of fused-ring (bicyclic) bond motifs is 1. The van der Waals surface area contributed by atoms with Crippen LogP contribution in [0.5, 0.6) is 0 Å². The first-order valence-electron chi connectivity index (χ1n) is 9.77. The summed E-state index contributed by atoms with van der Waals surface area (Å²) >= 11 is 6.34. The highest BCUT2D eigenvalue weighted by Gasteiger charge is 2.26. The van der Waals surface area contributed by atoms with Gasteiger partial charge in [0.2, 0.25) is 0 Å². The molecule has 0 spiro atoms. The molecule has 0 bridgehead atoms. The Balaban J connectivity index is 1.66. The van der Waals surface area contributed by atoms with Crippen molar-refractivity contribution in [2.75, 3.05) is 26.3 Å². The van der Waals surface area contributed by atoms with Gasteiger partial charge in [0, 0.05) is 29.1 Å². The van der Waals surface area contributed by atoms with Gasteiger partial charge in [0.1, 0.15) is 0 Å². The van der Waals surface area contributed by atoms with Gasteiger partial charge in [0.25, 0.3) is 5.91 Å². The summed E-state index contributed by atoms with van der Waals surface area (Å²) in [5.74, 6) is -0.799. The first-order chi connectivity index (χ1) is 14.5. The topological polar surface area (TPSA) is 68.7 Å². The van der Waals surface area contributed by atoms with Crippen LogP contribution < -0.4 is 0 Å². The van der Waals surface area contributed by atoms with Crippen LogP contribution in [0, 0.1) is 0 Å². The molecule has 0 radical (unpaired) electrons. The fourth-order valence-electron chi connectivity index (χ4n) is 3.47. The van der Waals surface area contributed by atoms with E-state index >= 15 is 0 Å². The summed E-state index contributed by atoms with van der Waals surface area (Å²) < 4.78 is 10.8. The Kier molecular flexibility index (Phi) is 5.97. The number of hydrogen-bond acceptors (Lipinski definition) is 5. The van der Waals surface area contributed by atoms with E-state index in [4.69, 9.17) is 21.1 Å². The minimum absolute atomic E-state index is 0.226. The number of benzene rings is 2. The van der Waals surface area contributed by atoms with Crippen molar-refractivity contribution in [3.05, 3.63) is 65.2 Å². The minimum Gasteiger partial charge on any atom is -0.449 e. The Morgan fingerprint density at radius 1 is 1.10 bits per heavy atom. The smallest absolute Gasteiger partial charge is 0.339 e. The van der Waals surface area contributed by atoms with Crippen molar-refractivity contribution in [3.63, 3.8) is 0 Å². The SMILES string of the molecule is CC(OC(=O)c1cc(-c2ccccc2Cl)nc2ccccc12)C(=O)N1CCOCC1. The maximum absolute atomic E-state index is 13.0. The van der Waals surface area contributed by atoms with E-state index in [1.807, 2.05) is 42.5 Å². The Bertz CT molecular complexity index is 1100. The van der Waals surface area contributed by atoms with Gasteiger partial charge in [0.15, 0.2) is 6.10 Å². The van der Waals surface area contributed by atoms with E-state index in [0.717, 1.165) is 5.56 Å². The van der Waals surface area contributed by atoms with Crippen LogP contribution in [0.25, 0.3) is 22.2 Å². The van der Waals surface area contributed by atoms with Crippen molar-refractivity contribution in [1.82, 2.24) is 9.88 Å². The zero-order valence-electron chi connectivity index (χ0n) is 16.5. The highest BCUT2D eigenvalue weighted by atomic mass is 35.5. The normalized spacial score (nSPS) is 15.1. The standard InChI is InChI=1S/C23H21ClN2O4/c1-15(22(27)26-10-12-29-13-11-26)30-23(28)18-14-21(17-7-2-4-8-19(17)24)25-20-9-5-3-6-16(18)20/h2-9,14-15H,10-13H2,1H3. The third-order valence-corrected chi connectivity index (χ3v) is 5.37. The van der Waals surface area contributed by atoms with Gasteiger partial charge < -0.3 is 14.4 Å². The number of nitrogens with zero attached hydrogens (tertiary/aromatic N) is 2. The van der Waals surface area contributed by atoms with Gasteiger partial charge in [-0.3, -0.25) is 4.79 Å². The second-order valence-corrected chi connectivity index (χ2v) is 7.44. The maximum atomic E-state index is 13.0. The predicted octanol–water partition coefficient (Wildman–Crippen LogP) is 3.96. The highest BCUT2D eigenvalue weighted by molar-refractivity contribution is 6.33. The largest absolute Gasteiger partial charge is 0.449 e. The number of halogens is 1. The van der Waals surface area contributed by atoms with E-state index in [-0.39, 0.29) is 5.91 Å². The molecule has 3 aromatic rings. The lowest BCUT2D eigenvalue weighted by atomic mass is 10.0.